The van der Waals surface area contributed by atoms with E-state index in [1.54, 1.807) is 6.07 Å². The first kappa shape index (κ1) is 25.0. The molecule has 180 valence electrons. The van der Waals surface area contributed by atoms with Gasteiger partial charge in [-0.25, -0.2) is 38.8 Å². The number of amidine groups is 1. The molecule has 1 aliphatic rings. The highest BCUT2D eigenvalue weighted by Gasteiger charge is 2.32. The van der Waals surface area contributed by atoms with Crippen LogP contribution in [0.15, 0.2) is 45.4 Å². The van der Waals surface area contributed by atoms with Crippen molar-refractivity contribution in [1.82, 2.24) is 20.6 Å². The molecule has 1 aromatic carbocycles. The molecule has 1 unspecified atom stereocenters. The highest BCUT2D eigenvalue weighted by atomic mass is 32.2. The average Bonchev–Trinajstić information content (AvgIpc) is 2.77. The minimum atomic E-state index is -4.45. The van der Waals surface area contributed by atoms with Crippen molar-refractivity contribution < 1.29 is 17.7 Å². The van der Waals surface area contributed by atoms with Gasteiger partial charge in [-0.05, 0) is 49.7 Å². The molecule has 1 fully saturated rings. The summed E-state index contributed by atoms with van der Waals surface area (Å²) in [7, 11) is -6.51. The van der Waals surface area contributed by atoms with Crippen molar-refractivity contribution in [3.8, 4) is 11.1 Å². The normalized spacial score (nSPS) is 17.5. The number of nitrogens with zero attached hydrogens (tertiary/aromatic N) is 2. The Hall–Kier alpha value is -2.66. The quantitative estimate of drug-likeness (QED) is 0.0846. The fourth-order valence-corrected chi connectivity index (χ4v) is 5.96. The van der Waals surface area contributed by atoms with E-state index in [2.05, 4.69) is 20.1 Å². The predicted molar refractivity (Wildman–Crippen MR) is 125 cm³/mol. The third kappa shape index (κ3) is 5.83. The maximum absolute atomic E-state index is 13.1. The number of sulfonamides is 1. The van der Waals surface area contributed by atoms with E-state index in [4.69, 9.17) is 22.4 Å². The first-order valence-electron chi connectivity index (χ1n) is 9.85. The van der Waals surface area contributed by atoms with Crippen molar-refractivity contribution in [1.29, 1.82) is 0 Å². The zero-order valence-electron chi connectivity index (χ0n) is 17.6. The van der Waals surface area contributed by atoms with Gasteiger partial charge in [0.25, 0.3) is 0 Å². The molecule has 2 aromatic rings. The number of hydrazine groups is 1. The Kier molecular flexibility index (Phi) is 7.63. The molecule has 2 heterocycles. The van der Waals surface area contributed by atoms with E-state index in [0.29, 0.717) is 37.1 Å². The number of nitrogens with one attached hydrogen (secondary N) is 3. The summed E-state index contributed by atoms with van der Waals surface area (Å²) in [5.74, 6) is 5.20. The lowest BCUT2D eigenvalue weighted by molar-refractivity contribution is 0.0161. The van der Waals surface area contributed by atoms with Crippen LogP contribution in [0.1, 0.15) is 18.4 Å². The van der Waals surface area contributed by atoms with Gasteiger partial charge in [0.1, 0.15) is 21.7 Å². The molecule has 33 heavy (non-hydrogen) atoms. The molecular formula is C18H27N9O4S2. The number of pyridine rings is 1. The van der Waals surface area contributed by atoms with Crippen molar-refractivity contribution >= 4 is 32.7 Å². The Balaban J connectivity index is 2.12. The summed E-state index contributed by atoms with van der Waals surface area (Å²) in [6.45, 7) is 1.21. The number of benzene rings is 1. The Morgan fingerprint density at radius 2 is 1.97 bits per heavy atom. The average molecular weight is 498 g/mol. The van der Waals surface area contributed by atoms with Gasteiger partial charge >= 0.3 is 0 Å². The zero-order chi connectivity index (χ0) is 24.2. The zero-order valence-corrected chi connectivity index (χ0v) is 19.2. The van der Waals surface area contributed by atoms with Crippen LogP contribution in [0, 0.1) is 0 Å². The third-order valence-corrected chi connectivity index (χ3v) is 7.48. The number of nitrogen functional groups attached to an aromatic ring is 1. The lowest BCUT2D eigenvalue weighted by Crippen LogP contribution is -2.48. The van der Waals surface area contributed by atoms with Gasteiger partial charge in [-0.3, -0.25) is 0 Å². The summed E-state index contributed by atoms with van der Waals surface area (Å²) >= 11 is 0. The minimum Gasteiger partial charge on any atom is -0.388 e. The molecule has 12 N–H and O–H groups in total. The molecule has 0 saturated carbocycles. The summed E-state index contributed by atoms with van der Waals surface area (Å²) in [4.78, 5) is 3.38. The maximum Gasteiger partial charge on any atom is 0.240 e. The number of primary sulfonamides is 1. The molecule has 1 aromatic heterocycles. The van der Waals surface area contributed by atoms with Crippen LogP contribution >= 0.6 is 0 Å². The Morgan fingerprint density at radius 3 is 2.55 bits per heavy atom. The summed E-state index contributed by atoms with van der Waals surface area (Å²) in [6.07, 6.45) is 2.33. The molecule has 0 amide bonds. The van der Waals surface area contributed by atoms with Gasteiger partial charge in [0, 0.05) is 23.9 Å². The van der Waals surface area contributed by atoms with Crippen LogP contribution in [0.25, 0.3) is 11.1 Å². The van der Waals surface area contributed by atoms with Crippen LogP contribution in [-0.4, -0.2) is 53.8 Å². The van der Waals surface area contributed by atoms with E-state index in [1.807, 2.05) is 5.53 Å². The van der Waals surface area contributed by atoms with E-state index in [0.717, 1.165) is 0 Å². The molecule has 0 radical (unpaired) electrons. The summed E-state index contributed by atoms with van der Waals surface area (Å²) < 4.78 is 41.1. The van der Waals surface area contributed by atoms with Crippen molar-refractivity contribution in [2.75, 3.05) is 25.4 Å². The number of rotatable bonds is 8. The number of piperidine rings is 1. The van der Waals surface area contributed by atoms with Crippen LogP contribution < -0.4 is 38.0 Å². The van der Waals surface area contributed by atoms with E-state index < -0.39 is 31.5 Å². The molecule has 0 spiro atoms. The Labute approximate surface area is 193 Å². The molecule has 0 bridgehead atoms. The number of nitrogens with two attached hydrogens (primary N) is 4. The fraction of sp³-hybridized carbons (Fsp3) is 0.333. The molecule has 13 nitrogen and oxygen atoms in total. The first-order chi connectivity index (χ1) is 15.6. The minimum absolute atomic E-state index is 0.0156. The summed E-state index contributed by atoms with van der Waals surface area (Å²) in [5.41, 5.74) is 13.3. The second kappa shape index (κ2) is 10.1. The highest BCUT2D eigenvalue weighted by Crippen LogP contribution is 2.32. The van der Waals surface area contributed by atoms with Gasteiger partial charge in [-0.1, -0.05) is 6.07 Å². The smallest absolute Gasteiger partial charge is 0.240 e. The molecular weight excluding hydrogens is 470 g/mol. The van der Waals surface area contributed by atoms with Crippen molar-refractivity contribution in [2.45, 2.75) is 28.2 Å². The lowest BCUT2D eigenvalue weighted by atomic mass is 9.93. The number of hydrogen-bond acceptors (Lipinski definition) is 10. The van der Waals surface area contributed by atoms with Crippen molar-refractivity contribution in [2.24, 2.45) is 21.8 Å². The second-order valence-electron chi connectivity index (χ2n) is 7.52. The Bertz CT molecular complexity index is 1160. The summed E-state index contributed by atoms with van der Waals surface area (Å²) in [6, 6.07) is 6.01. The molecule has 1 atom stereocenters. The second-order valence-corrected chi connectivity index (χ2v) is 10.3. The summed E-state index contributed by atoms with van der Waals surface area (Å²) in [5, 5.41) is 23.0. The largest absolute Gasteiger partial charge is 0.388 e. The van der Waals surface area contributed by atoms with Gasteiger partial charge in [-0.2, -0.15) is 0 Å². The van der Waals surface area contributed by atoms with Gasteiger partial charge < -0.3 is 21.9 Å². The van der Waals surface area contributed by atoms with Gasteiger partial charge in [0.15, 0.2) is 5.84 Å². The Morgan fingerprint density at radius 1 is 1.27 bits per heavy atom. The molecule has 15 heteroatoms. The monoisotopic (exact) mass is 497 g/mol. The predicted octanol–water partition coefficient (Wildman–Crippen LogP) is -2.21. The van der Waals surface area contributed by atoms with Gasteiger partial charge in [0.05, 0.1) is 10.5 Å². The molecule has 1 aliphatic heterocycles. The standard InChI is InChI=1S/C18H27N9O4S2/c19-14-4-1-11(9-24-14)12-2-3-13(16(33(22,30)31)15(12)17(20)26-27-21)32(29)25-10-18(28)5-7-23-8-6-18/h1-4,9,23,25,27-28H,5-8,10,21H2,(H2,19,24)(H2,20,26)(H2,22,30,31). The van der Waals surface area contributed by atoms with E-state index in [-0.39, 0.29) is 28.7 Å². The van der Waals surface area contributed by atoms with Crippen LogP contribution in [0.5, 0.6) is 0 Å². The van der Waals surface area contributed by atoms with Crippen LogP contribution in [0.2, 0.25) is 0 Å². The number of aliphatic hydroxyl groups is 1. The highest BCUT2D eigenvalue weighted by molar-refractivity contribution is 7.90. The first-order valence-corrected chi connectivity index (χ1v) is 12.5. The van der Waals surface area contributed by atoms with Crippen LogP contribution in [0.4, 0.5) is 5.82 Å². The maximum atomic E-state index is 13.1. The lowest BCUT2D eigenvalue weighted by Gasteiger charge is -2.32. The number of anilines is 1. The van der Waals surface area contributed by atoms with Gasteiger partial charge in [-0.15, -0.1) is 5.10 Å². The van der Waals surface area contributed by atoms with Crippen molar-refractivity contribution in [3.63, 3.8) is 0 Å². The molecule has 3 rings (SSSR count). The van der Waals surface area contributed by atoms with Crippen molar-refractivity contribution in [3.05, 3.63) is 36.0 Å². The molecule has 1 saturated heterocycles. The topological polar surface area (TPSA) is 237 Å². The fourth-order valence-electron chi connectivity index (χ4n) is 3.52. The SMILES string of the molecule is NN/N=C(\N)c1c(-c2ccc(N)nc2)ccc(S(=O)NCC2(O)CCNCC2)c1S(N)(=O)=O. The van der Waals surface area contributed by atoms with Gasteiger partial charge in [0.2, 0.25) is 10.0 Å². The van der Waals surface area contributed by atoms with Crippen LogP contribution in [0.3, 0.4) is 0 Å². The molecule has 0 aliphatic carbocycles. The number of hydrazone groups is 1. The number of hydrogen-bond donors (Lipinski definition) is 8. The third-order valence-electron chi connectivity index (χ3n) is 5.21. The number of aromatic nitrogens is 1. The van der Waals surface area contributed by atoms with Crippen LogP contribution in [-0.2, 0) is 21.0 Å². The van der Waals surface area contributed by atoms with E-state index in [9.17, 15) is 17.7 Å². The van der Waals surface area contributed by atoms with E-state index >= 15 is 0 Å². The van der Waals surface area contributed by atoms with E-state index in [1.165, 1.54) is 24.4 Å².